The first-order valence-electron chi connectivity index (χ1n) is 7.02. The van der Waals surface area contributed by atoms with Gasteiger partial charge in [0, 0.05) is 11.6 Å². The number of esters is 1. The number of rotatable bonds is 7. The minimum absolute atomic E-state index is 0.0927. The highest BCUT2D eigenvalue weighted by atomic mass is 35.5. The van der Waals surface area contributed by atoms with Crippen LogP contribution >= 0.6 is 11.6 Å². The number of nitrogens with one attached hydrogen (secondary N) is 2. The largest absolute Gasteiger partial charge is 0.466 e. The molecule has 6 heteroatoms. The maximum Gasteiger partial charge on any atom is 0.315 e. The van der Waals surface area contributed by atoms with E-state index in [1.807, 2.05) is 19.1 Å². The van der Waals surface area contributed by atoms with Crippen LogP contribution in [0.5, 0.6) is 0 Å². The van der Waals surface area contributed by atoms with E-state index in [4.69, 9.17) is 16.3 Å². The molecule has 1 atom stereocenters. The summed E-state index contributed by atoms with van der Waals surface area (Å²) < 4.78 is 4.78. The number of ether oxygens (including phenoxy) is 1. The third-order valence-electron chi connectivity index (χ3n) is 2.91. The van der Waals surface area contributed by atoms with Crippen molar-refractivity contribution in [3.63, 3.8) is 0 Å². The van der Waals surface area contributed by atoms with Gasteiger partial charge in [-0.2, -0.15) is 0 Å². The standard InChI is InChI=1S/C15H21ClN2O3/c1-3-13(11-5-7-12(16)8-6-11)18-15(20)17-10-9-14(19)21-4-2/h5-8,13H,3-4,9-10H2,1-2H3,(H2,17,18,20). The number of amides is 2. The molecule has 0 spiro atoms. The number of carbonyl (C=O) groups is 2. The molecular formula is C15H21ClN2O3. The summed E-state index contributed by atoms with van der Waals surface area (Å²) in [6.45, 7) is 4.33. The minimum atomic E-state index is -0.317. The molecule has 0 fully saturated rings. The van der Waals surface area contributed by atoms with Gasteiger partial charge in [-0.1, -0.05) is 30.7 Å². The molecule has 2 amide bonds. The Hall–Kier alpha value is -1.75. The first-order chi connectivity index (χ1) is 10.1. The Labute approximate surface area is 130 Å². The summed E-state index contributed by atoms with van der Waals surface area (Å²) in [5.41, 5.74) is 0.988. The van der Waals surface area contributed by atoms with Crippen molar-refractivity contribution in [1.29, 1.82) is 0 Å². The molecule has 0 heterocycles. The zero-order chi connectivity index (χ0) is 15.7. The van der Waals surface area contributed by atoms with Gasteiger partial charge in [0.15, 0.2) is 0 Å². The Morgan fingerprint density at radius 3 is 2.48 bits per heavy atom. The second-order valence-electron chi connectivity index (χ2n) is 4.47. The van der Waals surface area contributed by atoms with E-state index in [1.54, 1.807) is 19.1 Å². The molecule has 116 valence electrons. The molecule has 0 saturated heterocycles. The highest BCUT2D eigenvalue weighted by Crippen LogP contribution is 2.18. The third-order valence-corrected chi connectivity index (χ3v) is 3.16. The molecule has 2 N–H and O–H groups in total. The van der Waals surface area contributed by atoms with Gasteiger partial charge >= 0.3 is 12.0 Å². The quantitative estimate of drug-likeness (QED) is 0.760. The van der Waals surface area contributed by atoms with Crippen LogP contribution in [0, 0.1) is 0 Å². The Morgan fingerprint density at radius 1 is 1.24 bits per heavy atom. The summed E-state index contributed by atoms with van der Waals surface area (Å²) in [5.74, 6) is -0.317. The van der Waals surface area contributed by atoms with Gasteiger partial charge in [0.05, 0.1) is 19.1 Å². The number of hydrogen-bond donors (Lipinski definition) is 2. The zero-order valence-corrected chi connectivity index (χ0v) is 13.1. The number of hydrogen-bond acceptors (Lipinski definition) is 3. The maximum absolute atomic E-state index is 11.8. The van der Waals surface area contributed by atoms with Crippen LogP contribution in [0.2, 0.25) is 5.02 Å². The predicted octanol–water partition coefficient (Wildman–Crippen LogP) is 3.04. The van der Waals surface area contributed by atoms with Gasteiger partial charge in [0.25, 0.3) is 0 Å². The fourth-order valence-electron chi connectivity index (χ4n) is 1.84. The molecule has 0 saturated carbocycles. The Bertz CT molecular complexity index is 462. The van der Waals surface area contributed by atoms with Gasteiger partial charge < -0.3 is 15.4 Å². The van der Waals surface area contributed by atoms with E-state index in [1.165, 1.54) is 0 Å². The average molecular weight is 313 g/mol. The third kappa shape index (κ3) is 6.49. The van der Waals surface area contributed by atoms with E-state index >= 15 is 0 Å². The van der Waals surface area contributed by atoms with Crippen LogP contribution in [0.15, 0.2) is 24.3 Å². The summed E-state index contributed by atoms with van der Waals surface area (Å²) >= 11 is 5.85. The molecule has 0 aliphatic rings. The van der Waals surface area contributed by atoms with Crippen molar-refractivity contribution in [2.24, 2.45) is 0 Å². The van der Waals surface area contributed by atoms with Crippen molar-refractivity contribution < 1.29 is 14.3 Å². The predicted molar refractivity (Wildman–Crippen MR) is 82.3 cm³/mol. The van der Waals surface area contributed by atoms with Crippen LogP contribution in [-0.4, -0.2) is 25.2 Å². The van der Waals surface area contributed by atoms with Gasteiger partial charge in [0.1, 0.15) is 0 Å². The van der Waals surface area contributed by atoms with Crippen LogP contribution in [-0.2, 0) is 9.53 Å². The Morgan fingerprint density at radius 2 is 1.90 bits per heavy atom. The van der Waals surface area contributed by atoms with Crippen LogP contribution in [0.25, 0.3) is 0 Å². The lowest BCUT2D eigenvalue weighted by atomic mass is 10.1. The van der Waals surface area contributed by atoms with E-state index in [-0.39, 0.29) is 31.0 Å². The van der Waals surface area contributed by atoms with E-state index in [9.17, 15) is 9.59 Å². The second-order valence-corrected chi connectivity index (χ2v) is 4.90. The van der Waals surface area contributed by atoms with Crippen molar-refractivity contribution in [3.8, 4) is 0 Å². The van der Waals surface area contributed by atoms with Crippen LogP contribution in [0.4, 0.5) is 4.79 Å². The SMILES string of the molecule is CCOC(=O)CCNC(=O)NC(CC)c1ccc(Cl)cc1. The van der Waals surface area contributed by atoms with E-state index in [0.29, 0.717) is 11.6 Å². The van der Waals surface area contributed by atoms with Crippen molar-refractivity contribution in [2.45, 2.75) is 32.7 Å². The van der Waals surface area contributed by atoms with Crippen molar-refractivity contribution in [2.75, 3.05) is 13.2 Å². The fraction of sp³-hybridized carbons (Fsp3) is 0.467. The normalized spacial score (nSPS) is 11.6. The van der Waals surface area contributed by atoms with Gasteiger partial charge in [-0.15, -0.1) is 0 Å². The van der Waals surface area contributed by atoms with E-state index in [2.05, 4.69) is 10.6 Å². The molecule has 21 heavy (non-hydrogen) atoms. The number of halogens is 1. The molecular weight excluding hydrogens is 292 g/mol. The molecule has 0 aliphatic carbocycles. The summed E-state index contributed by atoms with van der Waals surface area (Å²) in [7, 11) is 0. The molecule has 5 nitrogen and oxygen atoms in total. The summed E-state index contributed by atoms with van der Waals surface area (Å²) in [4.78, 5) is 22.9. The topological polar surface area (TPSA) is 67.4 Å². The average Bonchev–Trinajstić information content (AvgIpc) is 2.46. The van der Waals surface area contributed by atoms with Crippen LogP contribution in [0.1, 0.15) is 38.3 Å². The number of benzene rings is 1. The molecule has 0 bridgehead atoms. The molecule has 1 aromatic carbocycles. The Balaban J connectivity index is 2.41. The summed E-state index contributed by atoms with van der Waals surface area (Å²) in [6, 6.07) is 6.95. The lowest BCUT2D eigenvalue weighted by Crippen LogP contribution is -2.38. The second kappa shape index (κ2) is 9.23. The summed E-state index contributed by atoms with van der Waals surface area (Å²) in [6.07, 6.45) is 0.923. The first-order valence-corrected chi connectivity index (χ1v) is 7.40. The van der Waals surface area contributed by atoms with Crippen molar-refractivity contribution >= 4 is 23.6 Å². The zero-order valence-electron chi connectivity index (χ0n) is 12.3. The lowest BCUT2D eigenvalue weighted by molar-refractivity contribution is -0.142. The smallest absolute Gasteiger partial charge is 0.315 e. The van der Waals surface area contributed by atoms with Gasteiger partial charge in [0.2, 0.25) is 0 Å². The van der Waals surface area contributed by atoms with Gasteiger partial charge in [-0.05, 0) is 31.0 Å². The number of urea groups is 1. The minimum Gasteiger partial charge on any atom is -0.466 e. The molecule has 0 aliphatic heterocycles. The maximum atomic E-state index is 11.8. The summed E-state index contributed by atoms with van der Waals surface area (Å²) in [5, 5.41) is 6.16. The molecule has 1 rings (SSSR count). The van der Waals surface area contributed by atoms with Gasteiger partial charge in [-0.3, -0.25) is 4.79 Å². The molecule has 1 unspecified atom stereocenters. The van der Waals surface area contributed by atoms with Crippen LogP contribution in [0.3, 0.4) is 0 Å². The van der Waals surface area contributed by atoms with Gasteiger partial charge in [-0.25, -0.2) is 4.79 Å². The van der Waals surface area contributed by atoms with Crippen molar-refractivity contribution in [3.05, 3.63) is 34.9 Å². The molecule has 0 radical (unpaired) electrons. The van der Waals surface area contributed by atoms with Crippen molar-refractivity contribution in [1.82, 2.24) is 10.6 Å². The van der Waals surface area contributed by atoms with Crippen LogP contribution < -0.4 is 10.6 Å². The lowest BCUT2D eigenvalue weighted by Gasteiger charge is -2.18. The highest BCUT2D eigenvalue weighted by Gasteiger charge is 2.12. The Kier molecular flexibility index (Phi) is 7.61. The fourth-order valence-corrected chi connectivity index (χ4v) is 1.96. The van der Waals surface area contributed by atoms with E-state index in [0.717, 1.165) is 12.0 Å². The monoisotopic (exact) mass is 312 g/mol. The highest BCUT2D eigenvalue weighted by molar-refractivity contribution is 6.30. The molecule has 1 aromatic rings. The molecule has 0 aromatic heterocycles. The number of carbonyl (C=O) groups excluding carboxylic acids is 2. The van der Waals surface area contributed by atoms with E-state index < -0.39 is 0 Å². The first kappa shape index (κ1) is 17.3.